The third-order valence-electron chi connectivity index (χ3n) is 5.32. The molecule has 0 aromatic heterocycles. The van der Waals surface area contributed by atoms with E-state index in [4.69, 9.17) is 0 Å². The number of hydrogen-bond acceptors (Lipinski definition) is 3. The molecule has 2 atom stereocenters. The van der Waals surface area contributed by atoms with Gasteiger partial charge in [0.1, 0.15) is 0 Å². The van der Waals surface area contributed by atoms with Gasteiger partial charge in [-0.2, -0.15) is 0 Å². The lowest BCUT2D eigenvalue weighted by Crippen LogP contribution is -2.45. The maximum atomic E-state index is 3.69. The summed E-state index contributed by atoms with van der Waals surface area (Å²) in [5.74, 6) is 0. The predicted molar refractivity (Wildman–Crippen MR) is 80.5 cm³/mol. The van der Waals surface area contributed by atoms with Crippen LogP contribution in [0, 0.1) is 0 Å². The smallest absolute Gasteiger partial charge is 0.0195 e. The summed E-state index contributed by atoms with van der Waals surface area (Å²) in [7, 11) is 0. The third-order valence-corrected chi connectivity index (χ3v) is 5.32. The fourth-order valence-electron chi connectivity index (χ4n) is 3.96. The molecule has 0 aromatic rings. The maximum Gasteiger partial charge on any atom is 0.0195 e. The normalized spacial score (nSPS) is 33.8. The highest BCUT2D eigenvalue weighted by Crippen LogP contribution is 2.32. The van der Waals surface area contributed by atoms with Crippen LogP contribution in [-0.4, -0.2) is 60.6 Å². The number of hydrogen-bond donors (Lipinski definition) is 1. The van der Waals surface area contributed by atoms with Crippen molar-refractivity contribution in [2.24, 2.45) is 0 Å². The summed E-state index contributed by atoms with van der Waals surface area (Å²) in [6, 6.07) is 2.58. The Morgan fingerprint density at radius 2 is 1.84 bits per heavy atom. The molecular weight excluding hydrogens is 234 g/mol. The van der Waals surface area contributed by atoms with Gasteiger partial charge in [0.15, 0.2) is 0 Å². The van der Waals surface area contributed by atoms with E-state index in [0.29, 0.717) is 0 Å². The highest BCUT2D eigenvalue weighted by atomic mass is 15.2. The molecule has 1 saturated carbocycles. The van der Waals surface area contributed by atoms with Crippen LogP contribution in [0.2, 0.25) is 0 Å². The summed E-state index contributed by atoms with van der Waals surface area (Å²) in [5.41, 5.74) is 0. The summed E-state index contributed by atoms with van der Waals surface area (Å²) >= 11 is 0. The molecule has 0 bridgehead atoms. The quantitative estimate of drug-likeness (QED) is 0.821. The molecule has 0 aromatic carbocycles. The first-order chi connectivity index (χ1) is 9.36. The van der Waals surface area contributed by atoms with Gasteiger partial charge in [-0.3, -0.25) is 4.90 Å². The van der Waals surface area contributed by atoms with Gasteiger partial charge in [0.05, 0.1) is 0 Å². The molecule has 3 nitrogen and oxygen atoms in total. The summed E-state index contributed by atoms with van der Waals surface area (Å²) in [5, 5.41) is 3.69. The lowest BCUT2D eigenvalue weighted by Gasteiger charge is -2.33. The topological polar surface area (TPSA) is 18.5 Å². The van der Waals surface area contributed by atoms with E-state index in [9.17, 15) is 0 Å². The van der Waals surface area contributed by atoms with E-state index >= 15 is 0 Å². The number of nitrogens with one attached hydrogen (secondary N) is 1. The minimum Gasteiger partial charge on any atom is -0.313 e. The molecule has 2 heterocycles. The van der Waals surface area contributed by atoms with Gasteiger partial charge in [-0.05, 0) is 71.1 Å². The molecule has 0 amide bonds. The molecule has 110 valence electrons. The molecule has 3 fully saturated rings. The van der Waals surface area contributed by atoms with E-state index in [1.807, 2.05) is 0 Å². The highest BCUT2D eigenvalue weighted by molar-refractivity contribution is 4.93. The molecule has 1 N–H and O–H groups in total. The van der Waals surface area contributed by atoms with Gasteiger partial charge in [-0.25, -0.2) is 0 Å². The van der Waals surface area contributed by atoms with Crippen molar-refractivity contribution in [1.82, 2.24) is 15.1 Å². The van der Waals surface area contributed by atoms with Gasteiger partial charge in [-0.15, -0.1) is 0 Å². The van der Waals surface area contributed by atoms with E-state index in [1.165, 1.54) is 77.7 Å². The first-order valence-corrected chi connectivity index (χ1v) is 8.58. The second kappa shape index (κ2) is 6.55. The Bertz CT molecular complexity index is 271. The molecule has 2 saturated heterocycles. The lowest BCUT2D eigenvalue weighted by atomic mass is 10.1. The molecule has 3 rings (SSSR count). The van der Waals surface area contributed by atoms with Gasteiger partial charge in [0.25, 0.3) is 0 Å². The third kappa shape index (κ3) is 3.71. The predicted octanol–water partition coefficient (Wildman–Crippen LogP) is 2.08. The monoisotopic (exact) mass is 265 g/mol. The Balaban J connectivity index is 1.56. The van der Waals surface area contributed by atoms with Gasteiger partial charge < -0.3 is 10.2 Å². The summed E-state index contributed by atoms with van der Waals surface area (Å²) in [6.45, 7) is 8.76. The fraction of sp³-hybridized carbons (Fsp3) is 1.00. The molecule has 2 aliphatic heterocycles. The molecule has 1 aliphatic carbocycles. The van der Waals surface area contributed by atoms with E-state index < -0.39 is 0 Å². The zero-order valence-corrected chi connectivity index (χ0v) is 12.6. The first-order valence-electron chi connectivity index (χ1n) is 8.58. The molecule has 0 radical (unpaired) electrons. The van der Waals surface area contributed by atoms with Crippen molar-refractivity contribution in [3.05, 3.63) is 0 Å². The standard InChI is InChI=1S/C16H31N3/c1-2-18-11-4-6-15(9-12-18)19(16-7-8-16)13-14-5-3-10-17-14/h14-17H,2-13H2,1H3. The van der Waals surface area contributed by atoms with Crippen LogP contribution in [0.5, 0.6) is 0 Å². The van der Waals surface area contributed by atoms with Crippen molar-refractivity contribution in [3.63, 3.8) is 0 Å². The first kappa shape index (κ1) is 13.8. The van der Waals surface area contributed by atoms with E-state index in [2.05, 4.69) is 22.0 Å². The van der Waals surface area contributed by atoms with Crippen LogP contribution in [0.15, 0.2) is 0 Å². The van der Waals surface area contributed by atoms with Gasteiger partial charge >= 0.3 is 0 Å². The van der Waals surface area contributed by atoms with Gasteiger partial charge in [0, 0.05) is 24.7 Å². The van der Waals surface area contributed by atoms with Gasteiger partial charge in [0.2, 0.25) is 0 Å². The van der Waals surface area contributed by atoms with Crippen LogP contribution < -0.4 is 5.32 Å². The maximum absolute atomic E-state index is 3.69. The zero-order valence-electron chi connectivity index (χ0n) is 12.6. The Kier molecular flexibility index (Phi) is 4.78. The lowest BCUT2D eigenvalue weighted by molar-refractivity contribution is 0.154. The van der Waals surface area contributed by atoms with Crippen LogP contribution in [0.3, 0.4) is 0 Å². The summed E-state index contributed by atoms with van der Waals surface area (Å²) in [4.78, 5) is 5.53. The average molecular weight is 265 g/mol. The Morgan fingerprint density at radius 3 is 2.53 bits per heavy atom. The fourth-order valence-corrected chi connectivity index (χ4v) is 3.96. The largest absolute Gasteiger partial charge is 0.313 e. The van der Waals surface area contributed by atoms with Crippen molar-refractivity contribution in [1.29, 1.82) is 0 Å². The summed E-state index contributed by atoms with van der Waals surface area (Å²) in [6.07, 6.45) is 9.94. The number of nitrogens with zero attached hydrogens (tertiary/aromatic N) is 2. The van der Waals surface area contributed by atoms with Crippen LogP contribution in [0.1, 0.15) is 51.9 Å². The average Bonchev–Trinajstić information content (AvgIpc) is 3.19. The SMILES string of the molecule is CCN1CCCC(N(CC2CCCN2)C2CC2)CC1. The van der Waals surface area contributed by atoms with Crippen molar-refractivity contribution in [3.8, 4) is 0 Å². The van der Waals surface area contributed by atoms with Gasteiger partial charge in [-0.1, -0.05) is 6.92 Å². The number of likely N-dealkylation sites (tertiary alicyclic amines) is 1. The molecule has 0 spiro atoms. The van der Waals surface area contributed by atoms with Crippen LogP contribution in [0.25, 0.3) is 0 Å². The molecule has 3 heteroatoms. The van der Waals surface area contributed by atoms with Crippen molar-refractivity contribution in [2.75, 3.05) is 32.7 Å². The molecule has 2 unspecified atom stereocenters. The van der Waals surface area contributed by atoms with E-state index in [0.717, 1.165) is 18.1 Å². The molecular formula is C16H31N3. The van der Waals surface area contributed by atoms with Crippen molar-refractivity contribution < 1.29 is 0 Å². The number of rotatable bonds is 5. The van der Waals surface area contributed by atoms with Crippen molar-refractivity contribution in [2.45, 2.75) is 70.0 Å². The minimum atomic E-state index is 0.783. The zero-order chi connectivity index (χ0) is 13.1. The van der Waals surface area contributed by atoms with Crippen LogP contribution in [0.4, 0.5) is 0 Å². The van der Waals surface area contributed by atoms with Crippen LogP contribution >= 0.6 is 0 Å². The Labute approximate surface area is 118 Å². The Hall–Kier alpha value is -0.120. The Morgan fingerprint density at radius 1 is 1.00 bits per heavy atom. The van der Waals surface area contributed by atoms with E-state index in [1.54, 1.807) is 0 Å². The molecule has 3 aliphatic rings. The van der Waals surface area contributed by atoms with Crippen molar-refractivity contribution >= 4 is 0 Å². The molecule has 19 heavy (non-hydrogen) atoms. The van der Waals surface area contributed by atoms with Crippen LogP contribution in [-0.2, 0) is 0 Å². The second-order valence-electron chi connectivity index (χ2n) is 6.74. The minimum absolute atomic E-state index is 0.783. The van der Waals surface area contributed by atoms with E-state index in [-0.39, 0.29) is 0 Å². The highest BCUT2D eigenvalue weighted by Gasteiger charge is 2.36. The second-order valence-corrected chi connectivity index (χ2v) is 6.74. The summed E-state index contributed by atoms with van der Waals surface area (Å²) < 4.78 is 0.